The van der Waals surface area contributed by atoms with Crippen LogP contribution in [-0.4, -0.2) is 16.4 Å². The largest absolute Gasteiger partial charge is 0.424 e. The van der Waals surface area contributed by atoms with Crippen molar-refractivity contribution in [3.8, 4) is 0 Å². The maximum atomic E-state index is 5.71. The van der Waals surface area contributed by atoms with Crippen molar-refractivity contribution in [3.63, 3.8) is 0 Å². The molecule has 1 aliphatic carbocycles. The first kappa shape index (κ1) is 10.3. The minimum atomic E-state index is -0.241. The van der Waals surface area contributed by atoms with Crippen LogP contribution in [0.4, 0.5) is 0 Å². The molecule has 0 unspecified atom stereocenters. The van der Waals surface area contributed by atoms with Gasteiger partial charge in [-0.25, -0.2) is 0 Å². The van der Waals surface area contributed by atoms with Crippen LogP contribution in [0.3, 0.4) is 0 Å². The normalized spacial score (nSPS) is 23.5. The molecule has 0 atom stereocenters. The SMILES string of the molecule is CCO[SiH2]C1(CC)CCCCC1. The Morgan fingerprint density at radius 1 is 1.17 bits per heavy atom. The lowest BCUT2D eigenvalue weighted by molar-refractivity contribution is 0.288. The van der Waals surface area contributed by atoms with Gasteiger partial charge in [0.1, 0.15) is 0 Å². The van der Waals surface area contributed by atoms with Crippen molar-refractivity contribution in [2.45, 2.75) is 57.4 Å². The van der Waals surface area contributed by atoms with E-state index in [1.54, 1.807) is 0 Å². The Morgan fingerprint density at radius 2 is 1.83 bits per heavy atom. The van der Waals surface area contributed by atoms with Crippen molar-refractivity contribution in [2.24, 2.45) is 0 Å². The molecule has 0 bridgehead atoms. The molecule has 0 saturated heterocycles. The predicted octanol–water partition coefficient (Wildman–Crippen LogP) is 2.64. The quantitative estimate of drug-likeness (QED) is 0.613. The standard InChI is InChI=1S/C10H22OSi/c1-3-10(12-11-4-2)8-6-5-7-9-10/h3-9,12H2,1-2H3. The average molecular weight is 186 g/mol. The summed E-state index contributed by atoms with van der Waals surface area (Å²) in [4.78, 5) is 0. The summed E-state index contributed by atoms with van der Waals surface area (Å²) in [6.07, 6.45) is 8.63. The van der Waals surface area contributed by atoms with E-state index >= 15 is 0 Å². The summed E-state index contributed by atoms with van der Waals surface area (Å²) in [5.41, 5.74) is 0. The summed E-state index contributed by atoms with van der Waals surface area (Å²) in [6.45, 7) is 5.41. The molecule has 1 rings (SSSR count). The molecule has 1 saturated carbocycles. The van der Waals surface area contributed by atoms with E-state index in [9.17, 15) is 0 Å². The van der Waals surface area contributed by atoms with Gasteiger partial charge in [-0.3, -0.25) is 0 Å². The molecular weight excluding hydrogens is 164 g/mol. The highest BCUT2D eigenvalue weighted by atomic mass is 28.2. The molecule has 2 heteroatoms. The van der Waals surface area contributed by atoms with E-state index in [-0.39, 0.29) is 9.76 Å². The molecule has 0 heterocycles. The van der Waals surface area contributed by atoms with Crippen LogP contribution in [0.15, 0.2) is 0 Å². The summed E-state index contributed by atoms with van der Waals surface area (Å²) in [5.74, 6) is 0. The Balaban J connectivity index is 2.37. The summed E-state index contributed by atoms with van der Waals surface area (Å²) in [6, 6.07) is 0. The van der Waals surface area contributed by atoms with Crippen LogP contribution in [0.1, 0.15) is 52.4 Å². The molecule has 0 aromatic heterocycles. The van der Waals surface area contributed by atoms with E-state index < -0.39 is 0 Å². The topological polar surface area (TPSA) is 9.23 Å². The second-order valence-electron chi connectivity index (χ2n) is 4.05. The van der Waals surface area contributed by atoms with Gasteiger partial charge in [0, 0.05) is 6.61 Å². The lowest BCUT2D eigenvalue weighted by Gasteiger charge is -2.35. The van der Waals surface area contributed by atoms with Crippen LogP contribution in [0, 0.1) is 0 Å². The molecule has 0 aromatic carbocycles. The van der Waals surface area contributed by atoms with E-state index in [1.807, 2.05) is 0 Å². The summed E-state index contributed by atoms with van der Waals surface area (Å²) in [5, 5.41) is 0.689. The lowest BCUT2D eigenvalue weighted by Crippen LogP contribution is -2.25. The molecule has 1 fully saturated rings. The third-order valence-electron chi connectivity index (χ3n) is 3.28. The molecule has 72 valence electrons. The zero-order valence-electron chi connectivity index (χ0n) is 8.57. The molecule has 0 spiro atoms. The van der Waals surface area contributed by atoms with Crippen LogP contribution in [0.5, 0.6) is 0 Å². The average Bonchev–Trinajstić information content (AvgIpc) is 2.16. The Kier molecular flexibility index (Phi) is 4.30. The van der Waals surface area contributed by atoms with Gasteiger partial charge in [-0.1, -0.05) is 32.6 Å². The van der Waals surface area contributed by atoms with Crippen molar-refractivity contribution in [1.29, 1.82) is 0 Å². The first-order chi connectivity index (χ1) is 5.83. The second-order valence-corrected chi connectivity index (χ2v) is 6.25. The van der Waals surface area contributed by atoms with Gasteiger partial charge in [-0.05, 0) is 24.8 Å². The van der Waals surface area contributed by atoms with Crippen molar-refractivity contribution in [1.82, 2.24) is 0 Å². The minimum Gasteiger partial charge on any atom is -0.424 e. The van der Waals surface area contributed by atoms with E-state index in [4.69, 9.17) is 4.43 Å². The van der Waals surface area contributed by atoms with Crippen molar-refractivity contribution < 1.29 is 4.43 Å². The molecule has 0 aromatic rings. The van der Waals surface area contributed by atoms with Gasteiger partial charge in [-0.15, -0.1) is 0 Å². The van der Waals surface area contributed by atoms with Crippen molar-refractivity contribution in [3.05, 3.63) is 0 Å². The van der Waals surface area contributed by atoms with E-state index in [1.165, 1.54) is 38.5 Å². The fourth-order valence-corrected chi connectivity index (χ4v) is 3.85. The van der Waals surface area contributed by atoms with Crippen LogP contribution in [0.2, 0.25) is 5.04 Å². The third-order valence-corrected chi connectivity index (χ3v) is 5.71. The summed E-state index contributed by atoms with van der Waals surface area (Å²) < 4.78 is 5.71. The Bertz CT molecular complexity index is 119. The molecule has 0 aliphatic heterocycles. The van der Waals surface area contributed by atoms with Gasteiger partial charge in [0.25, 0.3) is 0 Å². The molecule has 0 N–H and O–H groups in total. The highest BCUT2D eigenvalue weighted by Gasteiger charge is 2.30. The van der Waals surface area contributed by atoms with Crippen LogP contribution in [-0.2, 0) is 4.43 Å². The molecule has 1 nitrogen and oxygen atoms in total. The Morgan fingerprint density at radius 3 is 2.33 bits per heavy atom. The van der Waals surface area contributed by atoms with Gasteiger partial charge in [0.2, 0.25) is 0 Å². The van der Waals surface area contributed by atoms with Gasteiger partial charge in [-0.2, -0.15) is 0 Å². The minimum absolute atomic E-state index is 0.241. The monoisotopic (exact) mass is 186 g/mol. The van der Waals surface area contributed by atoms with Crippen molar-refractivity contribution >= 4 is 9.76 Å². The van der Waals surface area contributed by atoms with Crippen LogP contribution < -0.4 is 0 Å². The highest BCUT2D eigenvalue weighted by molar-refractivity contribution is 6.32. The molecular formula is C10H22OSi. The smallest absolute Gasteiger partial charge is 0.167 e. The molecule has 0 amide bonds. The fourth-order valence-electron chi connectivity index (χ4n) is 2.22. The van der Waals surface area contributed by atoms with Gasteiger partial charge < -0.3 is 4.43 Å². The van der Waals surface area contributed by atoms with Crippen LogP contribution in [0.25, 0.3) is 0 Å². The van der Waals surface area contributed by atoms with Gasteiger partial charge in [0.05, 0.1) is 0 Å². The lowest BCUT2D eigenvalue weighted by atomic mass is 9.86. The van der Waals surface area contributed by atoms with E-state index in [0.717, 1.165) is 6.61 Å². The Labute approximate surface area is 78.8 Å². The maximum Gasteiger partial charge on any atom is 0.167 e. The predicted molar refractivity (Wildman–Crippen MR) is 56.2 cm³/mol. The summed E-state index contributed by atoms with van der Waals surface area (Å²) >= 11 is 0. The van der Waals surface area contributed by atoms with E-state index in [0.29, 0.717) is 5.04 Å². The number of hydrogen-bond donors (Lipinski definition) is 0. The molecule has 0 radical (unpaired) electrons. The second kappa shape index (κ2) is 5.03. The number of rotatable bonds is 4. The summed E-state index contributed by atoms with van der Waals surface area (Å²) in [7, 11) is -0.241. The van der Waals surface area contributed by atoms with Crippen molar-refractivity contribution in [2.75, 3.05) is 6.61 Å². The van der Waals surface area contributed by atoms with Crippen LogP contribution >= 0.6 is 0 Å². The Hall–Kier alpha value is 0.177. The fraction of sp³-hybridized carbons (Fsp3) is 1.00. The maximum absolute atomic E-state index is 5.71. The highest BCUT2D eigenvalue weighted by Crippen LogP contribution is 2.44. The first-order valence-corrected chi connectivity index (χ1v) is 6.69. The first-order valence-electron chi connectivity index (χ1n) is 5.41. The van der Waals surface area contributed by atoms with Gasteiger partial charge >= 0.3 is 0 Å². The molecule has 1 aliphatic rings. The van der Waals surface area contributed by atoms with Gasteiger partial charge in [0.15, 0.2) is 9.76 Å². The number of hydrogen-bond acceptors (Lipinski definition) is 1. The zero-order valence-corrected chi connectivity index (χ0v) is 9.98. The zero-order chi connectivity index (χ0) is 8.86. The third kappa shape index (κ3) is 2.59. The molecule has 12 heavy (non-hydrogen) atoms. The van der Waals surface area contributed by atoms with E-state index in [2.05, 4.69) is 13.8 Å².